The first kappa shape index (κ1) is 23.7. The highest BCUT2D eigenvalue weighted by Gasteiger charge is 2.20. The molecule has 0 bridgehead atoms. The molecule has 0 radical (unpaired) electrons. The molecule has 0 unspecified atom stereocenters. The molecule has 0 spiro atoms. The summed E-state index contributed by atoms with van der Waals surface area (Å²) in [5.41, 5.74) is 1.20. The molecule has 0 amide bonds. The molecule has 1 aliphatic heterocycles. The summed E-state index contributed by atoms with van der Waals surface area (Å²) in [6.07, 6.45) is 3.77. The van der Waals surface area contributed by atoms with Gasteiger partial charge in [-0.1, -0.05) is 6.07 Å². The van der Waals surface area contributed by atoms with E-state index in [0.717, 1.165) is 81.7 Å². The summed E-state index contributed by atoms with van der Waals surface area (Å²) in [6.45, 7) is 6.17. The smallest absolute Gasteiger partial charge is 0.250 e. The number of aromatic nitrogens is 1. The Morgan fingerprint density at radius 3 is 2.56 bits per heavy atom. The van der Waals surface area contributed by atoms with Crippen molar-refractivity contribution in [3.8, 4) is 11.5 Å². The van der Waals surface area contributed by atoms with Crippen LogP contribution in [0.4, 0.5) is 0 Å². The molecule has 1 saturated heterocycles. The van der Waals surface area contributed by atoms with E-state index in [2.05, 4.69) is 26.2 Å². The van der Waals surface area contributed by atoms with E-state index >= 15 is 0 Å². The van der Waals surface area contributed by atoms with Gasteiger partial charge < -0.3 is 24.3 Å². The van der Waals surface area contributed by atoms with Crippen LogP contribution < -0.4 is 20.3 Å². The summed E-state index contributed by atoms with van der Waals surface area (Å²) in [7, 11) is 5.22. The van der Waals surface area contributed by atoms with Crippen molar-refractivity contribution in [3.05, 3.63) is 58.5 Å². The Morgan fingerprint density at radius 1 is 1.06 bits per heavy atom. The molecule has 1 N–H and O–H groups in total. The summed E-state index contributed by atoms with van der Waals surface area (Å²) < 4.78 is 12.6. The average molecular weight is 442 g/mol. The van der Waals surface area contributed by atoms with Gasteiger partial charge in [0, 0.05) is 70.7 Å². The number of nitrogens with zero attached hydrogens (tertiary/aromatic N) is 4. The van der Waals surface area contributed by atoms with Crippen LogP contribution in [0.2, 0.25) is 0 Å². The Morgan fingerprint density at radius 2 is 1.88 bits per heavy atom. The zero-order chi connectivity index (χ0) is 22.8. The molecule has 8 heteroatoms. The summed E-state index contributed by atoms with van der Waals surface area (Å²) in [5, 5.41) is 3.47. The van der Waals surface area contributed by atoms with E-state index in [1.165, 1.54) is 0 Å². The van der Waals surface area contributed by atoms with Crippen LogP contribution in [0, 0.1) is 0 Å². The highest BCUT2D eigenvalue weighted by molar-refractivity contribution is 5.79. The Kier molecular flexibility index (Phi) is 8.98. The van der Waals surface area contributed by atoms with Crippen LogP contribution in [0.5, 0.6) is 11.5 Å². The molecule has 32 heavy (non-hydrogen) atoms. The zero-order valence-corrected chi connectivity index (χ0v) is 19.4. The van der Waals surface area contributed by atoms with Crippen LogP contribution in [0.1, 0.15) is 18.4 Å². The number of unbranched alkanes of at least 4 members (excludes halogenated alkanes) is 1. The number of piperazine rings is 1. The summed E-state index contributed by atoms with van der Waals surface area (Å²) in [4.78, 5) is 21.0. The first-order chi connectivity index (χ1) is 15.6. The predicted molar refractivity (Wildman–Crippen MR) is 128 cm³/mol. The summed E-state index contributed by atoms with van der Waals surface area (Å²) in [5.74, 6) is 2.69. The fraction of sp³-hybridized carbons (Fsp3) is 0.500. The van der Waals surface area contributed by atoms with E-state index in [0.29, 0.717) is 0 Å². The second kappa shape index (κ2) is 12.1. The number of methoxy groups -OCH3 is 2. The molecule has 1 aromatic carbocycles. The second-order valence-electron chi connectivity index (χ2n) is 7.85. The Labute approximate surface area is 190 Å². The minimum Gasteiger partial charge on any atom is -0.497 e. The summed E-state index contributed by atoms with van der Waals surface area (Å²) >= 11 is 0. The molecule has 174 valence electrons. The summed E-state index contributed by atoms with van der Waals surface area (Å²) in [6, 6.07) is 11.2. The first-order valence-electron chi connectivity index (χ1n) is 11.2. The highest BCUT2D eigenvalue weighted by atomic mass is 16.5. The molecule has 0 saturated carbocycles. The number of nitrogens with one attached hydrogen (secondary N) is 1. The van der Waals surface area contributed by atoms with Crippen molar-refractivity contribution >= 4 is 5.96 Å². The third-order valence-corrected chi connectivity index (χ3v) is 5.77. The number of rotatable bonds is 9. The second-order valence-corrected chi connectivity index (χ2v) is 7.85. The Bertz CT molecular complexity index is 935. The normalized spacial score (nSPS) is 15.0. The monoisotopic (exact) mass is 441 g/mol. The van der Waals surface area contributed by atoms with Gasteiger partial charge in [-0.15, -0.1) is 0 Å². The molecule has 2 heterocycles. The first-order valence-corrected chi connectivity index (χ1v) is 11.2. The third kappa shape index (κ3) is 6.50. The maximum absolute atomic E-state index is 11.8. The van der Waals surface area contributed by atoms with Gasteiger partial charge in [-0.05, 0) is 37.1 Å². The SMILES string of the molecule is CN=C(NCCCCn1ccccc1=O)N1CCN(Cc2cc(OC)ccc2OC)CC1. The van der Waals surface area contributed by atoms with E-state index < -0.39 is 0 Å². The van der Waals surface area contributed by atoms with Crippen LogP contribution in [-0.2, 0) is 13.1 Å². The van der Waals surface area contributed by atoms with E-state index in [1.54, 1.807) is 30.9 Å². The maximum Gasteiger partial charge on any atom is 0.250 e. The lowest BCUT2D eigenvalue weighted by Crippen LogP contribution is -2.52. The van der Waals surface area contributed by atoms with Crippen molar-refractivity contribution in [2.75, 3.05) is 54.0 Å². The van der Waals surface area contributed by atoms with Crippen LogP contribution in [0.15, 0.2) is 52.4 Å². The van der Waals surface area contributed by atoms with Gasteiger partial charge in [0.25, 0.3) is 0 Å². The molecular formula is C24H35N5O3. The van der Waals surface area contributed by atoms with E-state index in [-0.39, 0.29) is 5.56 Å². The van der Waals surface area contributed by atoms with E-state index in [1.807, 2.05) is 31.4 Å². The van der Waals surface area contributed by atoms with Crippen molar-refractivity contribution in [3.63, 3.8) is 0 Å². The van der Waals surface area contributed by atoms with Crippen molar-refractivity contribution in [1.29, 1.82) is 0 Å². The van der Waals surface area contributed by atoms with Gasteiger partial charge in [0.2, 0.25) is 5.56 Å². The molecule has 2 aromatic rings. The molecule has 8 nitrogen and oxygen atoms in total. The quantitative estimate of drug-likeness (QED) is 0.365. The van der Waals surface area contributed by atoms with Crippen LogP contribution in [0.25, 0.3) is 0 Å². The lowest BCUT2D eigenvalue weighted by atomic mass is 10.1. The van der Waals surface area contributed by atoms with E-state index in [4.69, 9.17) is 9.47 Å². The van der Waals surface area contributed by atoms with Crippen molar-refractivity contribution in [2.45, 2.75) is 25.9 Å². The van der Waals surface area contributed by atoms with Gasteiger partial charge in [0.1, 0.15) is 11.5 Å². The Balaban J connectivity index is 1.41. The molecule has 3 rings (SSSR count). The molecule has 1 aliphatic rings. The number of benzene rings is 1. The van der Waals surface area contributed by atoms with Crippen molar-refractivity contribution in [2.24, 2.45) is 4.99 Å². The number of aryl methyl sites for hydroxylation is 1. The molecular weight excluding hydrogens is 406 g/mol. The van der Waals surface area contributed by atoms with Crippen molar-refractivity contribution < 1.29 is 9.47 Å². The van der Waals surface area contributed by atoms with Crippen LogP contribution in [-0.4, -0.2) is 74.3 Å². The van der Waals surface area contributed by atoms with Gasteiger partial charge in [-0.3, -0.25) is 14.7 Å². The molecule has 1 aromatic heterocycles. The van der Waals surface area contributed by atoms with Gasteiger partial charge in [0.05, 0.1) is 14.2 Å². The topological polar surface area (TPSA) is 71.3 Å². The lowest BCUT2D eigenvalue weighted by molar-refractivity contribution is 0.171. The fourth-order valence-electron chi connectivity index (χ4n) is 3.95. The van der Waals surface area contributed by atoms with Crippen LogP contribution in [0.3, 0.4) is 0 Å². The minimum atomic E-state index is 0.0562. The third-order valence-electron chi connectivity index (χ3n) is 5.77. The number of guanidine groups is 1. The number of hydrogen-bond donors (Lipinski definition) is 1. The number of pyridine rings is 1. The number of aliphatic imine (C=N–C) groups is 1. The van der Waals surface area contributed by atoms with Gasteiger partial charge in [0.15, 0.2) is 5.96 Å². The largest absolute Gasteiger partial charge is 0.497 e. The predicted octanol–water partition coefficient (Wildman–Crippen LogP) is 2.04. The van der Waals surface area contributed by atoms with Gasteiger partial charge in [-0.2, -0.15) is 0 Å². The molecule has 0 aliphatic carbocycles. The minimum absolute atomic E-state index is 0.0562. The number of hydrogen-bond acceptors (Lipinski definition) is 5. The molecule has 0 atom stereocenters. The van der Waals surface area contributed by atoms with Gasteiger partial charge >= 0.3 is 0 Å². The maximum atomic E-state index is 11.8. The highest BCUT2D eigenvalue weighted by Crippen LogP contribution is 2.25. The standard InChI is InChI=1S/C24H35N5O3/c1-25-24(26-11-5-7-13-28-12-6-4-8-23(28)30)29-16-14-27(15-17-29)19-20-18-21(31-2)9-10-22(20)32-3/h4,6,8-10,12,18H,5,7,11,13-17,19H2,1-3H3,(H,25,26). The van der Waals surface area contributed by atoms with E-state index in [9.17, 15) is 4.79 Å². The Hall–Kier alpha value is -3.00. The number of ether oxygens (including phenoxy) is 2. The van der Waals surface area contributed by atoms with Crippen molar-refractivity contribution in [1.82, 2.24) is 19.7 Å². The lowest BCUT2D eigenvalue weighted by Gasteiger charge is -2.36. The molecule has 1 fully saturated rings. The van der Waals surface area contributed by atoms with Crippen LogP contribution >= 0.6 is 0 Å². The van der Waals surface area contributed by atoms with Gasteiger partial charge in [-0.25, -0.2) is 0 Å². The average Bonchev–Trinajstić information content (AvgIpc) is 2.83. The zero-order valence-electron chi connectivity index (χ0n) is 19.4. The fourth-order valence-corrected chi connectivity index (χ4v) is 3.95.